The molecule has 2 amide bonds. The highest BCUT2D eigenvalue weighted by atomic mass is 79.9. The number of carbonyl (C=O) groups excluding carboxylic acids is 2. The van der Waals surface area contributed by atoms with Crippen molar-refractivity contribution in [1.82, 2.24) is 10.1 Å². The van der Waals surface area contributed by atoms with Gasteiger partial charge in [0.2, 0.25) is 11.8 Å². The number of hydrogen-bond acceptors (Lipinski definition) is 9. The highest BCUT2D eigenvalue weighted by Crippen LogP contribution is 2.34. The number of nitrogens with one attached hydrogen (secondary N) is 2. The zero-order valence-electron chi connectivity index (χ0n) is 29.6. The van der Waals surface area contributed by atoms with Gasteiger partial charge in [0.05, 0.1) is 20.9 Å². The number of alkyl halides is 6. The number of rotatable bonds is 8. The largest absolute Gasteiger partial charge is 0.417 e. The summed E-state index contributed by atoms with van der Waals surface area (Å²) in [5, 5.41) is 8.42. The van der Waals surface area contributed by atoms with E-state index in [0.29, 0.717) is 30.2 Å². The summed E-state index contributed by atoms with van der Waals surface area (Å²) < 4.78 is 129. The molecule has 0 saturated carbocycles. The summed E-state index contributed by atoms with van der Waals surface area (Å²) in [6.45, 7) is 10.6. The van der Waals surface area contributed by atoms with E-state index in [1.165, 1.54) is 26.0 Å². The molecule has 0 saturated heterocycles. The van der Waals surface area contributed by atoms with Crippen LogP contribution in [0.5, 0.6) is 0 Å². The summed E-state index contributed by atoms with van der Waals surface area (Å²) in [6.07, 6.45) is -8.84. The van der Waals surface area contributed by atoms with Crippen molar-refractivity contribution in [2.45, 2.75) is 85.5 Å². The van der Waals surface area contributed by atoms with E-state index in [1.54, 1.807) is 18.2 Å². The van der Waals surface area contributed by atoms with E-state index < -0.39 is 69.4 Å². The summed E-state index contributed by atoms with van der Waals surface area (Å²) in [7, 11) is -8.33. The van der Waals surface area contributed by atoms with Crippen LogP contribution in [0.1, 0.15) is 65.4 Å². The Morgan fingerprint density at radius 2 is 1.04 bits per heavy atom. The molecule has 4 rings (SSSR count). The fourth-order valence-corrected chi connectivity index (χ4v) is 7.15. The Bertz CT molecular complexity index is 2200. The Balaban J connectivity index is 0.000000294. The van der Waals surface area contributed by atoms with Gasteiger partial charge in [0, 0.05) is 22.2 Å². The quantitative estimate of drug-likeness (QED) is 0.166. The molecule has 4 aromatic rings. The average Bonchev–Trinajstić information content (AvgIpc) is 3.54. The fourth-order valence-electron chi connectivity index (χ4n) is 4.13. The number of sulfone groups is 2. The minimum atomic E-state index is -4.66. The summed E-state index contributed by atoms with van der Waals surface area (Å²) in [5.74, 6) is -1.34. The number of carbonyl (C=O) groups is 2. The molecule has 0 unspecified atom stereocenters. The number of hydrogen-bond donors (Lipinski definition) is 2. The van der Waals surface area contributed by atoms with Gasteiger partial charge in [-0.25, -0.2) is 21.8 Å². The molecular formula is C34H35BrF6N4O7S2. The molecule has 11 nitrogen and oxygen atoms in total. The third kappa shape index (κ3) is 9.86. The molecule has 0 spiro atoms. The van der Waals surface area contributed by atoms with Crippen LogP contribution in [-0.2, 0) is 47.0 Å². The van der Waals surface area contributed by atoms with Crippen molar-refractivity contribution in [3.63, 3.8) is 0 Å². The molecule has 294 valence electrons. The number of aromatic nitrogens is 2. The number of benzene rings is 2. The Morgan fingerprint density at radius 3 is 1.41 bits per heavy atom. The minimum Gasteiger partial charge on any atom is -0.359 e. The molecule has 20 heteroatoms. The van der Waals surface area contributed by atoms with Crippen molar-refractivity contribution in [3.05, 3.63) is 94.3 Å². The van der Waals surface area contributed by atoms with Crippen LogP contribution in [0.2, 0.25) is 0 Å². The van der Waals surface area contributed by atoms with E-state index in [4.69, 9.17) is 4.52 Å². The highest BCUT2D eigenvalue weighted by Gasteiger charge is 2.44. The van der Waals surface area contributed by atoms with E-state index in [9.17, 15) is 52.8 Å². The first-order chi connectivity index (χ1) is 24.4. The lowest BCUT2D eigenvalue weighted by Gasteiger charge is -2.24. The number of anilines is 2. The molecule has 0 atom stereocenters. The summed E-state index contributed by atoms with van der Waals surface area (Å²) >= 11 is 3.26. The predicted octanol–water partition coefficient (Wildman–Crippen LogP) is 8.24. The highest BCUT2D eigenvalue weighted by molar-refractivity contribution is 9.10. The Morgan fingerprint density at radius 1 is 0.630 bits per heavy atom. The van der Waals surface area contributed by atoms with Crippen LogP contribution in [0.3, 0.4) is 0 Å². The Hall–Kier alpha value is -4.30. The lowest BCUT2D eigenvalue weighted by molar-refractivity contribution is -0.138. The van der Waals surface area contributed by atoms with Gasteiger partial charge in [-0.15, -0.1) is 0 Å². The van der Waals surface area contributed by atoms with Crippen LogP contribution < -0.4 is 10.6 Å². The molecule has 0 aliphatic rings. The molecular weight excluding hydrogens is 834 g/mol. The summed E-state index contributed by atoms with van der Waals surface area (Å²) in [4.78, 5) is 28.0. The zero-order chi connectivity index (χ0) is 41.3. The summed E-state index contributed by atoms with van der Waals surface area (Å²) in [6, 6.07) is 11.8. The van der Waals surface area contributed by atoms with Crippen molar-refractivity contribution in [3.8, 4) is 0 Å². The van der Waals surface area contributed by atoms with Gasteiger partial charge in [-0.1, -0.05) is 41.9 Å². The first-order valence-electron chi connectivity index (χ1n) is 15.5. The van der Waals surface area contributed by atoms with Crippen molar-refractivity contribution in [1.29, 1.82) is 0 Å². The lowest BCUT2D eigenvalue weighted by Crippen LogP contribution is -2.44. The minimum absolute atomic E-state index is 0.0754. The van der Waals surface area contributed by atoms with Gasteiger partial charge >= 0.3 is 12.4 Å². The molecule has 0 fully saturated rings. The monoisotopic (exact) mass is 868 g/mol. The van der Waals surface area contributed by atoms with Crippen LogP contribution in [-0.4, -0.2) is 48.3 Å². The van der Waals surface area contributed by atoms with Crippen molar-refractivity contribution >= 4 is 59.1 Å². The van der Waals surface area contributed by atoms with Gasteiger partial charge in [-0.2, -0.15) is 26.3 Å². The van der Waals surface area contributed by atoms with Gasteiger partial charge in [0.1, 0.15) is 21.1 Å². The molecule has 0 bridgehead atoms. The van der Waals surface area contributed by atoms with Gasteiger partial charge < -0.3 is 15.2 Å². The topological polar surface area (TPSA) is 165 Å². The first kappa shape index (κ1) is 44.1. The van der Waals surface area contributed by atoms with Crippen LogP contribution in [0.15, 0.2) is 91.7 Å². The third-order valence-corrected chi connectivity index (χ3v) is 13.2. The van der Waals surface area contributed by atoms with Crippen LogP contribution >= 0.6 is 15.9 Å². The maximum Gasteiger partial charge on any atom is 0.417 e. The average molecular weight is 870 g/mol. The molecule has 0 aliphatic heterocycles. The SMILES string of the molecule is CC(C)(C(=O)Nc1ccc(C(F)(F)F)cn1)S(=O)(=O)c1ccc(C(F)(F)F)cc1.CC(C)(C)c1cc(NC(=O)C(C)(C)S(=O)(=O)c2ccc(Br)cc2)no1. The molecule has 2 N–H and O–H groups in total. The molecule has 54 heavy (non-hydrogen) atoms. The lowest BCUT2D eigenvalue weighted by atomic mass is 9.93. The Kier molecular flexibility index (Phi) is 12.6. The normalized spacial score (nSPS) is 13.1. The standard InChI is InChI=1S/C17H21BrN2O4S.C17H14F6N2O3S/c1-16(2,3)13-10-14(20-24-13)19-15(21)17(4,5)25(22,23)12-8-6-11(18)7-9-12;1-15(2,14(26)25-13-8-5-11(9-24-13)17(21,22)23)29(27,28)12-6-3-10(4-7-12)16(18,19)20/h6-10H,1-5H3,(H,19,20,21);3-9H,1-2H3,(H,24,25,26). The zero-order valence-corrected chi connectivity index (χ0v) is 32.9. The second-order valence-electron chi connectivity index (χ2n) is 13.7. The predicted molar refractivity (Wildman–Crippen MR) is 190 cm³/mol. The van der Waals surface area contributed by atoms with E-state index in [-0.39, 0.29) is 21.9 Å². The van der Waals surface area contributed by atoms with Crippen LogP contribution in [0, 0.1) is 0 Å². The van der Waals surface area contributed by atoms with Gasteiger partial charge in [-0.3, -0.25) is 9.59 Å². The maximum atomic E-state index is 12.8. The fraction of sp³-hybridized carbons (Fsp3) is 0.353. The number of halogens is 7. The second kappa shape index (κ2) is 15.4. The number of amides is 2. The molecule has 0 radical (unpaired) electrons. The van der Waals surface area contributed by atoms with Crippen LogP contribution in [0.25, 0.3) is 0 Å². The molecule has 2 heterocycles. The number of nitrogens with zero attached hydrogens (tertiary/aromatic N) is 2. The van der Waals surface area contributed by atoms with E-state index >= 15 is 0 Å². The van der Waals surface area contributed by atoms with E-state index in [1.807, 2.05) is 20.8 Å². The molecule has 2 aromatic heterocycles. The van der Waals surface area contributed by atoms with Crippen LogP contribution in [0.4, 0.5) is 38.0 Å². The van der Waals surface area contributed by atoms with Crippen molar-refractivity contribution in [2.24, 2.45) is 0 Å². The van der Waals surface area contributed by atoms with Gasteiger partial charge in [0.25, 0.3) is 0 Å². The van der Waals surface area contributed by atoms with E-state index in [0.717, 1.165) is 36.5 Å². The summed E-state index contributed by atoms with van der Waals surface area (Å²) in [5.41, 5.74) is -2.39. The second-order valence-corrected chi connectivity index (χ2v) is 19.6. The smallest absolute Gasteiger partial charge is 0.359 e. The van der Waals surface area contributed by atoms with Gasteiger partial charge in [-0.05, 0) is 88.4 Å². The van der Waals surface area contributed by atoms with Gasteiger partial charge in [0.15, 0.2) is 25.5 Å². The van der Waals surface area contributed by atoms with Crippen molar-refractivity contribution < 1.29 is 57.3 Å². The first-order valence-corrected chi connectivity index (χ1v) is 19.2. The number of pyridine rings is 1. The maximum absolute atomic E-state index is 12.8. The third-order valence-electron chi connectivity index (χ3n) is 7.88. The van der Waals surface area contributed by atoms with Crippen molar-refractivity contribution in [2.75, 3.05) is 10.6 Å². The Labute approximate surface area is 315 Å². The van der Waals surface area contributed by atoms with E-state index in [2.05, 4.69) is 36.7 Å². The molecule has 2 aromatic carbocycles. The molecule has 0 aliphatic carbocycles.